The van der Waals surface area contributed by atoms with Gasteiger partial charge in [0.15, 0.2) is 5.11 Å². The van der Waals surface area contributed by atoms with Gasteiger partial charge in [-0.3, -0.25) is 9.69 Å². The molecular weight excluding hydrogens is 344 g/mol. The van der Waals surface area contributed by atoms with Gasteiger partial charge in [0.05, 0.1) is 16.8 Å². The highest BCUT2D eigenvalue weighted by Gasteiger charge is 2.50. The molecule has 1 aliphatic heterocycles. The van der Waals surface area contributed by atoms with Gasteiger partial charge < -0.3 is 4.90 Å². The molecule has 26 heavy (non-hydrogen) atoms. The summed E-state index contributed by atoms with van der Waals surface area (Å²) in [6.07, 6.45) is 7.09. The van der Waals surface area contributed by atoms with Gasteiger partial charge in [-0.15, -0.1) is 0 Å². The summed E-state index contributed by atoms with van der Waals surface area (Å²) in [5.41, 5.74) is 1.07. The van der Waals surface area contributed by atoms with Crippen LogP contribution in [-0.4, -0.2) is 21.5 Å². The predicted octanol–water partition coefficient (Wildman–Crippen LogP) is 3.62. The van der Waals surface area contributed by atoms with Crippen LogP contribution in [0.4, 0.5) is 5.69 Å². The molecular formula is C20H18N4OS. The number of anilines is 1. The van der Waals surface area contributed by atoms with Crippen LogP contribution in [0.5, 0.6) is 0 Å². The number of hydrogen-bond donors (Lipinski definition) is 0. The number of amides is 1. The number of carbonyl (C=O) groups excluding carboxylic acids is 1. The molecule has 3 rings (SSSR count). The van der Waals surface area contributed by atoms with Crippen LogP contribution in [0.3, 0.4) is 0 Å². The van der Waals surface area contributed by atoms with E-state index in [1.54, 1.807) is 12.1 Å². The number of hydrogen-bond acceptors (Lipinski definition) is 4. The second kappa shape index (κ2) is 6.40. The summed E-state index contributed by atoms with van der Waals surface area (Å²) in [5, 5.41) is 18.7. The molecule has 1 saturated heterocycles. The van der Waals surface area contributed by atoms with Crippen molar-refractivity contribution in [3.05, 3.63) is 53.3 Å². The lowest BCUT2D eigenvalue weighted by Gasteiger charge is -2.31. The van der Waals surface area contributed by atoms with E-state index in [2.05, 4.69) is 19.1 Å². The van der Waals surface area contributed by atoms with Gasteiger partial charge >= 0.3 is 0 Å². The molecule has 0 radical (unpaired) electrons. The fourth-order valence-electron chi connectivity index (χ4n) is 3.20. The molecule has 1 aromatic carbocycles. The Kier molecular flexibility index (Phi) is 4.39. The van der Waals surface area contributed by atoms with Crippen molar-refractivity contribution in [3.8, 4) is 12.1 Å². The van der Waals surface area contributed by atoms with Gasteiger partial charge in [0, 0.05) is 5.70 Å². The van der Waals surface area contributed by atoms with E-state index in [0.717, 1.165) is 12.1 Å². The molecule has 2 aliphatic rings. The summed E-state index contributed by atoms with van der Waals surface area (Å²) >= 11 is 5.63. The Morgan fingerprint density at radius 3 is 2.50 bits per heavy atom. The van der Waals surface area contributed by atoms with Crippen LogP contribution < -0.4 is 4.90 Å². The van der Waals surface area contributed by atoms with Crippen LogP contribution >= 0.6 is 12.2 Å². The number of allylic oxidation sites excluding steroid dienone is 3. The average Bonchev–Trinajstić information content (AvgIpc) is 2.80. The van der Waals surface area contributed by atoms with Crippen molar-refractivity contribution in [2.75, 3.05) is 4.90 Å². The summed E-state index contributed by atoms with van der Waals surface area (Å²) < 4.78 is 0. The lowest BCUT2D eigenvalue weighted by molar-refractivity contribution is -0.122. The zero-order valence-electron chi connectivity index (χ0n) is 14.9. The Morgan fingerprint density at radius 1 is 1.23 bits per heavy atom. The number of rotatable bonds is 2. The van der Waals surface area contributed by atoms with E-state index >= 15 is 0 Å². The van der Waals surface area contributed by atoms with Gasteiger partial charge in [0.2, 0.25) is 0 Å². The Hall–Kier alpha value is -2.96. The highest BCUT2D eigenvalue weighted by Crippen LogP contribution is 2.37. The summed E-state index contributed by atoms with van der Waals surface area (Å²) in [4.78, 5) is 16.4. The molecule has 1 heterocycles. The first-order chi connectivity index (χ1) is 12.3. The average molecular weight is 362 g/mol. The van der Waals surface area contributed by atoms with Crippen molar-refractivity contribution in [2.45, 2.75) is 32.7 Å². The van der Waals surface area contributed by atoms with E-state index in [4.69, 9.17) is 17.5 Å². The zero-order valence-corrected chi connectivity index (χ0v) is 15.7. The fraction of sp³-hybridized carbons (Fsp3) is 0.300. The second-order valence-corrected chi connectivity index (χ2v) is 7.34. The van der Waals surface area contributed by atoms with E-state index < -0.39 is 5.54 Å². The van der Waals surface area contributed by atoms with Crippen molar-refractivity contribution in [3.63, 3.8) is 0 Å². The third-order valence-corrected chi connectivity index (χ3v) is 5.09. The van der Waals surface area contributed by atoms with E-state index in [1.807, 2.05) is 37.0 Å². The number of benzene rings is 1. The van der Waals surface area contributed by atoms with Gasteiger partial charge in [-0.05, 0) is 62.7 Å². The van der Waals surface area contributed by atoms with Gasteiger partial charge in [-0.2, -0.15) is 10.5 Å². The lowest BCUT2D eigenvalue weighted by Crippen LogP contribution is -2.43. The van der Waals surface area contributed by atoms with Crippen molar-refractivity contribution < 1.29 is 4.79 Å². The van der Waals surface area contributed by atoms with Crippen molar-refractivity contribution in [1.82, 2.24) is 4.90 Å². The molecule has 0 bridgehead atoms. The minimum atomic E-state index is -0.839. The zero-order chi connectivity index (χ0) is 19.1. The van der Waals surface area contributed by atoms with Crippen LogP contribution in [0.2, 0.25) is 0 Å². The molecule has 130 valence electrons. The number of carbonyl (C=O) groups is 1. The highest BCUT2D eigenvalue weighted by atomic mass is 32.1. The van der Waals surface area contributed by atoms with Crippen LogP contribution in [0.25, 0.3) is 0 Å². The quantitative estimate of drug-likeness (QED) is 0.752. The van der Waals surface area contributed by atoms with Gasteiger partial charge in [-0.25, -0.2) is 0 Å². The number of nitrogens with zero attached hydrogens (tertiary/aromatic N) is 4. The Balaban J connectivity index is 2.05. The standard InChI is InChI=1S/C20H18N4OS/c1-13-4-7-16(8-5-13)24-19(26)23(18(25)20(24,2)3)17-9-6-14(11-21)15(10-17)12-22/h4,6-10,13H,5H2,1-3H3. The number of nitriles is 2. The minimum Gasteiger partial charge on any atom is -0.304 e. The van der Waals surface area contributed by atoms with Crippen LogP contribution in [0.15, 0.2) is 42.1 Å². The third kappa shape index (κ3) is 2.69. The first kappa shape index (κ1) is 17.8. The third-order valence-electron chi connectivity index (χ3n) is 4.72. The normalized spacial score (nSPS) is 21.4. The van der Waals surface area contributed by atoms with Crippen molar-refractivity contribution in [1.29, 1.82) is 10.5 Å². The first-order valence-electron chi connectivity index (χ1n) is 8.32. The minimum absolute atomic E-state index is 0.163. The molecule has 0 spiro atoms. The van der Waals surface area contributed by atoms with Gasteiger partial charge in [-0.1, -0.05) is 19.1 Å². The Labute approximate surface area is 158 Å². The Bertz CT molecular complexity index is 946. The first-order valence-corrected chi connectivity index (χ1v) is 8.73. The summed E-state index contributed by atoms with van der Waals surface area (Å²) in [5.74, 6) is 0.297. The number of thiocarbonyl (C=S) groups is 1. The summed E-state index contributed by atoms with van der Waals surface area (Å²) in [6.45, 7) is 5.81. The van der Waals surface area contributed by atoms with E-state index in [0.29, 0.717) is 16.7 Å². The Morgan fingerprint density at radius 2 is 1.92 bits per heavy atom. The van der Waals surface area contributed by atoms with Gasteiger partial charge in [0.25, 0.3) is 5.91 Å². The molecule has 1 aliphatic carbocycles. The largest absolute Gasteiger partial charge is 0.304 e. The smallest absolute Gasteiger partial charge is 0.259 e. The maximum atomic E-state index is 13.1. The van der Waals surface area contributed by atoms with E-state index in [9.17, 15) is 10.1 Å². The SMILES string of the molecule is CC1C=CC(N2C(=S)N(c3ccc(C#N)c(C#N)c3)C(=O)C2(C)C)=CC1. The molecule has 1 unspecified atom stereocenters. The van der Waals surface area contributed by atoms with Crippen LogP contribution in [0, 0.1) is 28.6 Å². The molecule has 1 atom stereocenters. The topological polar surface area (TPSA) is 71.1 Å². The van der Waals surface area contributed by atoms with E-state index in [-0.39, 0.29) is 17.0 Å². The van der Waals surface area contributed by atoms with Crippen molar-refractivity contribution >= 4 is 28.9 Å². The monoisotopic (exact) mass is 362 g/mol. The molecule has 5 nitrogen and oxygen atoms in total. The molecule has 1 aromatic rings. The summed E-state index contributed by atoms with van der Waals surface area (Å²) in [6, 6.07) is 8.71. The summed E-state index contributed by atoms with van der Waals surface area (Å²) in [7, 11) is 0. The van der Waals surface area contributed by atoms with Crippen LogP contribution in [-0.2, 0) is 4.79 Å². The fourth-order valence-corrected chi connectivity index (χ4v) is 3.72. The molecule has 6 heteroatoms. The highest BCUT2D eigenvalue weighted by molar-refractivity contribution is 7.80. The maximum Gasteiger partial charge on any atom is 0.259 e. The lowest BCUT2D eigenvalue weighted by atomic mass is 9.98. The molecule has 1 amide bonds. The molecule has 1 fully saturated rings. The molecule has 0 saturated carbocycles. The van der Waals surface area contributed by atoms with Crippen LogP contribution in [0.1, 0.15) is 38.3 Å². The van der Waals surface area contributed by atoms with E-state index in [1.165, 1.54) is 11.0 Å². The van der Waals surface area contributed by atoms with Gasteiger partial charge in [0.1, 0.15) is 17.7 Å². The predicted molar refractivity (Wildman–Crippen MR) is 103 cm³/mol. The molecule has 0 aromatic heterocycles. The van der Waals surface area contributed by atoms with Crippen molar-refractivity contribution in [2.24, 2.45) is 5.92 Å². The molecule has 0 N–H and O–H groups in total. The second-order valence-electron chi connectivity index (χ2n) is 6.97. The maximum absolute atomic E-state index is 13.1.